The number of carbonyl (C=O) groups excluding carboxylic acids is 1. The van der Waals surface area contributed by atoms with Gasteiger partial charge in [-0.25, -0.2) is 9.61 Å². The van der Waals surface area contributed by atoms with Crippen LogP contribution in [0.5, 0.6) is 5.88 Å². The summed E-state index contributed by atoms with van der Waals surface area (Å²) in [6.07, 6.45) is -4.68. The average Bonchev–Trinajstić information content (AvgIpc) is 3.00. The summed E-state index contributed by atoms with van der Waals surface area (Å²) < 4.78 is 47.1. The molecule has 2 aromatic heterocycles. The second-order valence-corrected chi connectivity index (χ2v) is 4.77. The topological polar surface area (TPSA) is 91.0 Å². The summed E-state index contributed by atoms with van der Waals surface area (Å²) in [6, 6.07) is 3.92. The van der Waals surface area contributed by atoms with Crippen LogP contribution in [0.2, 0.25) is 0 Å². The van der Waals surface area contributed by atoms with E-state index in [0.29, 0.717) is 0 Å². The van der Waals surface area contributed by atoms with Gasteiger partial charge in [0.2, 0.25) is 17.2 Å². The first-order valence-corrected chi connectivity index (χ1v) is 6.62. The number of aromatic nitrogens is 4. The highest BCUT2D eigenvalue weighted by atomic mass is 19.4. The highest BCUT2D eigenvalue weighted by Gasteiger charge is 2.30. The van der Waals surface area contributed by atoms with E-state index in [1.165, 1.54) is 7.11 Å². The van der Waals surface area contributed by atoms with Gasteiger partial charge < -0.3 is 4.74 Å². The minimum Gasteiger partial charge on any atom is -0.480 e. The Bertz CT molecular complexity index is 890. The minimum atomic E-state index is -4.46. The molecule has 0 radical (unpaired) electrons. The number of methoxy groups -OCH3 is 1. The molecule has 7 nitrogen and oxygen atoms in total. The summed E-state index contributed by atoms with van der Waals surface area (Å²) in [6.45, 7) is 0. The van der Waals surface area contributed by atoms with Crippen molar-refractivity contribution in [3.8, 4) is 5.88 Å². The van der Waals surface area contributed by atoms with Crippen molar-refractivity contribution in [1.29, 1.82) is 0 Å². The molecule has 24 heavy (non-hydrogen) atoms. The largest absolute Gasteiger partial charge is 0.480 e. The maximum Gasteiger partial charge on any atom is 0.416 e. The number of fused-ring (bicyclic) bond motifs is 1. The molecule has 0 atom stereocenters. The first-order valence-electron chi connectivity index (χ1n) is 6.62. The molecule has 0 saturated heterocycles. The van der Waals surface area contributed by atoms with Gasteiger partial charge in [-0.1, -0.05) is 12.1 Å². The van der Waals surface area contributed by atoms with Crippen molar-refractivity contribution in [2.75, 3.05) is 7.11 Å². The van der Waals surface area contributed by atoms with Crippen molar-refractivity contribution in [3.05, 3.63) is 41.1 Å². The lowest BCUT2D eigenvalue weighted by atomic mass is 10.0. The van der Waals surface area contributed by atoms with Crippen molar-refractivity contribution >= 4 is 17.1 Å². The van der Waals surface area contributed by atoms with E-state index in [0.717, 1.165) is 24.3 Å². The molecule has 1 aromatic carbocycles. The number of alkyl halides is 3. The molecule has 0 aliphatic heterocycles. The zero-order valence-corrected chi connectivity index (χ0v) is 12.2. The predicted octanol–water partition coefficient (Wildman–Crippen LogP) is 2.47. The molecular weight excluding hydrogens is 329 g/mol. The van der Waals surface area contributed by atoms with Crippen LogP contribution >= 0.6 is 0 Å². The fourth-order valence-electron chi connectivity index (χ4n) is 2.03. The molecule has 3 aromatic rings. The number of ether oxygens (including phenoxy) is 1. The Kier molecular flexibility index (Phi) is 3.87. The normalized spacial score (nSPS) is 11.7. The van der Waals surface area contributed by atoms with E-state index in [9.17, 15) is 18.0 Å². The van der Waals surface area contributed by atoms with E-state index in [1.54, 1.807) is 0 Å². The summed E-state index contributed by atoms with van der Waals surface area (Å²) in [5.74, 6) is -0.370. The molecule has 0 fully saturated rings. The molecule has 0 N–H and O–H groups in total. The summed E-state index contributed by atoms with van der Waals surface area (Å²) in [4.78, 5) is 20.3. The summed E-state index contributed by atoms with van der Waals surface area (Å²) >= 11 is 0. The number of halogens is 3. The van der Waals surface area contributed by atoms with Gasteiger partial charge in [0.15, 0.2) is 5.78 Å². The molecule has 0 bridgehead atoms. The number of benzene rings is 1. The van der Waals surface area contributed by atoms with Crippen LogP contribution < -0.4 is 4.74 Å². The van der Waals surface area contributed by atoms with Crippen LogP contribution in [0.3, 0.4) is 0 Å². The Morgan fingerprint density at radius 3 is 2.33 bits per heavy atom. The van der Waals surface area contributed by atoms with Crippen LogP contribution in [-0.4, -0.2) is 33.2 Å². The number of ketones is 1. The van der Waals surface area contributed by atoms with Gasteiger partial charge in [-0.05, 0) is 22.4 Å². The van der Waals surface area contributed by atoms with Crippen molar-refractivity contribution in [2.24, 2.45) is 0 Å². The lowest BCUT2D eigenvalue weighted by Crippen LogP contribution is -2.09. The van der Waals surface area contributed by atoms with Crippen LogP contribution in [0.15, 0.2) is 28.9 Å². The van der Waals surface area contributed by atoms with Gasteiger partial charge in [-0.3, -0.25) is 4.79 Å². The van der Waals surface area contributed by atoms with Gasteiger partial charge in [0.05, 0.1) is 19.1 Å². The third-order valence-electron chi connectivity index (χ3n) is 3.21. The van der Waals surface area contributed by atoms with Crippen molar-refractivity contribution in [1.82, 2.24) is 20.3 Å². The number of hydrogen-bond donors (Lipinski definition) is 0. The van der Waals surface area contributed by atoms with Gasteiger partial charge in [-0.2, -0.15) is 18.2 Å². The van der Waals surface area contributed by atoms with E-state index < -0.39 is 17.5 Å². The van der Waals surface area contributed by atoms with E-state index >= 15 is 0 Å². The van der Waals surface area contributed by atoms with Crippen molar-refractivity contribution in [3.63, 3.8) is 0 Å². The number of hydrogen-bond acceptors (Lipinski definition) is 7. The highest BCUT2D eigenvalue weighted by Crippen LogP contribution is 2.29. The van der Waals surface area contributed by atoms with E-state index in [2.05, 4.69) is 24.9 Å². The van der Waals surface area contributed by atoms with Crippen molar-refractivity contribution < 1.29 is 27.3 Å². The van der Waals surface area contributed by atoms with Crippen LogP contribution in [0, 0.1) is 0 Å². The molecule has 0 spiro atoms. The Morgan fingerprint density at radius 2 is 1.75 bits per heavy atom. The predicted molar refractivity (Wildman–Crippen MR) is 73.4 cm³/mol. The van der Waals surface area contributed by atoms with Crippen molar-refractivity contribution in [2.45, 2.75) is 12.6 Å². The second kappa shape index (κ2) is 5.87. The SMILES string of the molecule is COc1nc2nonc2nc1CC(=O)c1ccc(C(F)(F)F)cc1. The van der Waals surface area contributed by atoms with E-state index in [-0.39, 0.29) is 34.9 Å². The first kappa shape index (κ1) is 15.8. The molecule has 124 valence electrons. The monoisotopic (exact) mass is 338 g/mol. The molecule has 0 unspecified atom stereocenters. The summed E-state index contributed by atoms with van der Waals surface area (Å²) in [7, 11) is 1.34. The zero-order chi connectivity index (χ0) is 17.3. The summed E-state index contributed by atoms with van der Waals surface area (Å²) in [5.41, 5.74) is -0.300. The van der Waals surface area contributed by atoms with Gasteiger partial charge in [0, 0.05) is 5.56 Å². The molecule has 3 rings (SSSR count). The summed E-state index contributed by atoms with van der Waals surface area (Å²) in [5, 5.41) is 7.03. The maximum absolute atomic E-state index is 12.5. The quantitative estimate of drug-likeness (QED) is 0.675. The number of Topliss-reactive ketones (excluding diaryl/α,β-unsaturated/α-hetero) is 1. The average molecular weight is 338 g/mol. The smallest absolute Gasteiger partial charge is 0.416 e. The zero-order valence-electron chi connectivity index (χ0n) is 12.2. The Morgan fingerprint density at radius 1 is 1.12 bits per heavy atom. The molecule has 0 amide bonds. The number of nitrogens with zero attached hydrogens (tertiary/aromatic N) is 4. The Hall–Kier alpha value is -3.04. The Labute approximate surface area is 132 Å². The van der Waals surface area contributed by atoms with Crippen LogP contribution in [0.4, 0.5) is 13.2 Å². The maximum atomic E-state index is 12.5. The molecular formula is C14H9F3N4O3. The lowest BCUT2D eigenvalue weighted by molar-refractivity contribution is -0.137. The van der Waals surface area contributed by atoms with E-state index in [4.69, 9.17) is 4.74 Å². The third-order valence-corrected chi connectivity index (χ3v) is 3.21. The fourth-order valence-corrected chi connectivity index (χ4v) is 2.03. The van der Waals surface area contributed by atoms with Gasteiger partial charge >= 0.3 is 6.18 Å². The molecule has 0 aliphatic rings. The standard InChI is InChI=1S/C14H9F3N4O3/c1-23-13-9(18-11-12(19-13)21-24-20-11)6-10(22)7-2-4-8(5-3-7)14(15,16)17/h2-5H,6H2,1H3. The number of rotatable bonds is 4. The molecule has 2 heterocycles. The highest BCUT2D eigenvalue weighted by molar-refractivity contribution is 5.97. The Balaban J connectivity index is 1.86. The fraction of sp³-hybridized carbons (Fsp3) is 0.214. The van der Waals surface area contributed by atoms with E-state index in [1.807, 2.05) is 0 Å². The molecule has 10 heteroatoms. The third kappa shape index (κ3) is 3.03. The van der Waals surface area contributed by atoms with Crippen LogP contribution in [0.25, 0.3) is 11.3 Å². The minimum absolute atomic E-state index is 0.0680. The molecule has 0 aliphatic carbocycles. The lowest BCUT2D eigenvalue weighted by Gasteiger charge is -2.08. The van der Waals surface area contributed by atoms with Crippen LogP contribution in [-0.2, 0) is 12.6 Å². The second-order valence-electron chi connectivity index (χ2n) is 4.77. The van der Waals surface area contributed by atoms with Gasteiger partial charge in [0.1, 0.15) is 5.69 Å². The number of carbonyl (C=O) groups is 1. The van der Waals surface area contributed by atoms with Crippen LogP contribution in [0.1, 0.15) is 21.6 Å². The molecule has 0 saturated carbocycles. The van der Waals surface area contributed by atoms with Gasteiger partial charge in [-0.15, -0.1) is 0 Å². The van der Waals surface area contributed by atoms with Gasteiger partial charge in [0.25, 0.3) is 0 Å². The first-order chi connectivity index (χ1) is 11.4.